The molecular weight excluding hydrogens is 604 g/mol. The van der Waals surface area contributed by atoms with Gasteiger partial charge >= 0.3 is 0 Å². The van der Waals surface area contributed by atoms with Crippen LogP contribution < -0.4 is 17.0 Å². The number of nitrogens with zero attached hydrogens (tertiary/aromatic N) is 8. The van der Waals surface area contributed by atoms with Gasteiger partial charge in [-0.05, 0) is 0 Å². The fourth-order valence-electron chi connectivity index (χ4n) is 5.51. The van der Waals surface area contributed by atoms with Crippen LogP contribution in [0.1, 0.15) is 12.5 Å². The molecule has 2 bridgehead atoms. The van der Waals surface area contributed by atoms with E-state index >= 15 is 4.39 Å². The van der Waals surface area contributed by atoms with E-state index in [1.54, 1.807) is 0 Å². The van der Waals surface area contributed by atoms with Crippen LogP contribution in [-0.4, -0.2) is 110 Å². The lowest BCUT2D eigenvalue weighted by Gasteiger charge is -2.33. The lowest BCUT2D eigenvalue weighted by molar-refractivity contribution is -0.182. The lowest BCUT2D eigenvalue weighted by atomic mass is 10.0. The number of fused-ring (bicyclic) bond motifs is 4. The van der Waals surface area contributed by atoms with Crippen molar-refractivity contribution in [3.05, 3.63) is 23.0 Å². The van der Waals surface area contributed by atoms with E-state index in [1.165, 1.54) is 17.2 Å². The Kier molecular flexibility index (Phi) is 6.30. The van der Waals surface area contributed by atoms with Crippen LogP contribution in [0.15, 0.2) is 17.4 Å². The van der Waals surface area contributed by atoms with Crippen LogP contribution in [-0.2, 0) is 23.3 Å². The summed E-state index contributed by atoms with van der Waals surface area (Å²) in [6, 6.07) is 0. The van der Waals surface area contributed by atoms with Gasteiger partial charge in [-0.3, -0.25) is 18.9 Å². The maximum Gasteiger partial charge on any atom is 0.282 e. The van der Waals surface area contributed by atoms with E-state index in [1.807, 2.05) is 0 Å². The average Bonchev–Trinajstić information content (AvgIpc) is 3.75. The van der Waals surface area contributed by atoms with Crippen molar-refractivity contribution in [3.8, 4) is 0 Å². The number of aliphatic hydroxyl groups excluding tert-OH is 2. The summed E-state index contributed by atoms with van der Waals surface area (Å²) in [6.07, 6.45) is -5.41. The summed E-state index contributed by atoms with van der Waals surface area (Å²) in [4.78, 5) is 30.8. The Balaban J connectivity index is 1.17. The van der Waals surface area contributed by atoms with Crippen LogP contribution in [0, 0.1) is 0 Å². The number of nitrogens with one attached hydrogen (secondary N) is 1. The lowest BCUT2D eigenvalue weighted by Crippen LogP contribution is -2.45. The predicted molar refractivity (Wildman–Crippen MR) is 141 cm³/mol. The van der Waals surface area contributed by atoms with Crippen molar-refractivity contribution in [1.82, 2.24) is 44.5 Å². The number of alkyl halides is 1. The minimum Gasteiger partial charge on any atom is -0.394 e. The van der Waals surface area contributed by atoms with Crippen molar-refractivity contribution in [3.63, 3.8) is 0 Å². The standard InChI is InChI=1S/C20H23FN11O8PS/c21-7-6(1-33)39-18(32-15-9(29-30-32)16(35)28-19(23)27-15)11(7)41(36,42)38-3-20-2-37-10(12(20)34)17(40-20)31-5-26-8-13(22)24-4-25-14(8)31/h4-7,10-12,17-18,33-34H,1-3H2,(H,36,42)(H2,22,24,25)(H3,23,27,28,35)/t6-,7+,10-,11-,12+,17-,18-,20?,41?/m1/s1. The summed E-state index contributed by atoms with van der Waals surface area (Å²) < 4.78 is 55.4. The van der Waals surface area contributed by atoms with Gasteiger partial charge in [-0.2, -0.15) is 9.67 Å². The van der Waals surface area contributed by atoms with Crippen molar-refractivity contribution < 1.29 is 37.9 Å². The third-order valence-electron chi connectivity index (χ3n) is 7.60. The first-order chi connectivity index (χ1) is 20.0. The maximum atomic E-state index is 15.6. The summed E-state index contributed by atoms with van der Waals surface area (Å²) in [5.41, 5.74) is 7.87. The number of anilines is 2. The van der Waals surface area contributed by atoms with E-state index in [0.29, 0.717) is 11.2 Å². The molecule has 7 heterocycles. The summed E-state index contributed by atoms with van der Waals surface area (Å²) in [5.74, 6) is -0.126. The number of imidazole rings is 1. The maximum absolute atomic E-state index is 15.6. The molecule has 22 heteroatoms. The molecule has 7 N–H and O–H groups in total. The van der Waals surface area contributed by atoms with E-state index < -0.39 is 73.5 Å². The molecule has 42 heavy (non-hydrogen) atoms. The van der Waals surface area contributed by atoms with Crippen LogP contribution in [0.4, 0.5) is 16.2 Å². The van der Waals surface area contributed by atoms with Gasteiger partial charge in [-0.1, -0.05) is 17.5 Å². The molecule has 0 aromatic carbocycles. The minimum atomic E-state index is -4.34. The first kappa shape index (κ1) is 27.5. The Morgan fingerprint density at radius 3 is 2.86 bits per heavy atom. The second kappa shape index (κ2) is 9.61. The van der Waals surface area contributed by atoms with Crippen LogP contribution in [0.5, 0.6) is 0 Å². The molecule has 2 unspecified atom stereocenters. The topological polar surface area (TPSA) is 267 Å². The monoisotopic (exact) mass is 627 g/mol. The van der Waals surface area contributed by atoms with E-state index in [4.69, 9.17) is 30.2 Å². The van der Waals surface area contributed by atoms with E-state index in [-0.39, 0.29) is 29.5 Å². The van der Waals surface area contributed by atoms with Crippen LogP contribution in [0.2, 0.25) is 0 Å². The van der Waals surface area contributed by atoms with Gasteiger partial charge in [0.15, 0.2) is 35.1 Å². The molecule has 4 aromatic heterocycles. The number of ether oxygens (including phenoxy) is 3. The SMILES string of the molecule is Nc1nc2c(nnn2[C@@H]2O[C@H](CO)[C@H](F)[C@H]2P(=O)(S)OCC23CO[C@@H]([C@H](n4cnc5c(N)ncnc54)O2)[C@@H]3O)c(=O)[nH]1. The number of thiol groups is 1. The summed E-state index contributed by atoms with van der Waals surface area (Å²) in [5, 5.41) is 28.4. The zero-order chi connectivity index (χ0) is 29.6. The number of halogens is 1. The van der Waals surface area contributed by atoms with E-state index in [0.717, 1.165) is 4.68 Å². The molecule has 19 nitrogen and oxygen atoms in total. The molecule has 0 spiro atoms. The Morgan fingerprint density at radius 1 is 1.26 bits per heavy atom. The molecule has 3 aliphatic rings. The van der Waals surface area contributed by atoms with Gasteiger partial charge in [0.1, 0.15) is 47.6 Å². The predicted octanol–water partition coefficient (Wildman–Crippen LogP) is -1.72. The Morgan fingerprint density at radius 2 is 2.07 bits per heavy atom. The van der Waals surface area contributed by atoms with Crippen LogP contribution >= 0.6 is 18.8 Å². The number of hydrogen-bond acceptors (Lipinski definition) is 16. The quantitative estimate of drug-likeness (QED) is 0.0983. The molecule has 0 radical (unpaired) electrons. The number of aliphatic hydroxyl groups is 2. The molecule has 0 saturated carbocycles. The molecule has 0 aliphatic carbocycles. The smallest absolute Gasteiger partial charge is 0.282 e. The Bertz CT molecular complexity index is 1810. The summed E-state index contributed by atoms with van der Waals surface area (Å²) in [7, 11) is 0. The molecular formula is C20H23FN11O8PS. The van der Waals surface area contributed by atoms with Crippen LogP contribution in [0.25, 0.3) is 22.3 Å². The normalized spacial score (nSPS) is 34.0. The molecule has 3 aliphatic heterocycles. The molecule has 3 saturated heterocycles. The van der Waals surface area contributed by atoms with E-state index in [9.17, 15) is 19.6 Å². The fraction of sp³-hybridized carbons (Fsp3) is 0.550. The number of aromatic amines is 1. The highest BCUT2D eigenvalue weighted by Crippen LogP contribution is 2.65. The van der Waals surface area contributed by atoms with Crippen molar-refractivity contribution in [2.24, 2.45) is 0 Å². The number of nitrogens with two attached hydrogens (primary N) is 2. The van der Waals surface area contributed by atoms with Gasteiger partial charge in [0.2, 0.25) is 5.95 Å². The third-order valence-corrected chi connectivity index (χ3v) is 10.5. The number of aromatic nitrogens is 9. The first-order valence-corrected chi connectivity index (χ1v) is 15.3. The zero-order valence-electron chi connectivity index (χ0n) is 21.2. The van der Waals surface area contributed by atoms with Gasteiger partial charge in [0, 0.05) is 0 Å². The second-order valence-corrected chi connectivity index (χ2v) is 13.7. The third kappa shape index (κ3) is 3.96. The first-order valence-electron chi connectivity index (χ1n) is 12.4. The van der Waals surface area contributed by atoms with Gasteiger partial charge in [-0.25, -0.2) is 19.3 Å². The Labute approximate surface area is 237 Å². The number of hydrogen-bond donors (Lipinski definition) is 6. The molecule has 9 atom stereocenters. The highest BCUT2D eigenvalue weighted by Gasteiger charge is 2.63. The second-order valence-electron chi connectivity index (χ2n) is 10.1. The molecule has 4 aromatic rings. The Hall–Kier alpha value is -3.30. The highest BCUT2D eigenvalue weighted by molar-refractivity contribution is 8.46. The fourth-order valence-corrected chi connectivity index (χ4v) is 8.05. The summed E-state index contributed by atoms with van der Waals surface area (Å²) >= 11 is 4.21. The average molecular weight is 628 g/mol. The van der Waals surface area contributed by atoms with Gasteiger partial charge in [0.25, 0.3) is 12.1 Å². The van der Waals surface area contributed by atoms with Crippen molar-refractivity contribution in [2.45, 2.75) is 48.2 Å². The molecule has 224 valence electrons. The number of H-pyrrole nitrogens is 1. The molecule has 7 rings (SSSR count). The summed E-state index contributed by atoms with van der Waals surface area (Å²) in [6.45, 7) is -5.79. The molecule has 3 fully saturated rings. The van der Waals surface area contributed by atoms with Gasteiger partial charge in [-0.15, -0.1) is 5.10 Å². The highest BCUT2D eigenvalue weighted by atomic mass is 32.7. The van der Waals surface area contributed by atoms with E-state index in [2.05, 4.69) is 47.5 Å². The number of nitrogen functional groups attached to an aromatic ring is 2. The molecule has 0 amide bonds. The van der Waals surface area contributed by atoms with Gasteiger partial charge < -0.3 is 40.4 Å². The van der Waals surface area contributed by atoms with Crippen molar-refractivity contribution in [1.29, 1.82) is 0 Å². The largest absolute Gasteiger partial charge is 0.394 e. The zero-order valence-corrected chi connectivity index (χ0v) is 23.0. The van der Waals surface area contributed by atoms with Gasteiger partial charge in [0.05, 0.1) is 26.1 Å². The van der Waals surface area contributed by atoms with Crippen molar-refractivity contribution >= 4 is 52.9 Å². The van der Waals surface area contributed by atoms with Crippen molar-refractivity contribution in [2.75, 3.05) is 31.3 Å². The number of rotatable bonds is 7. The van der Waals surface area contributed by atoms with Crippen LogP contribution in [0.3, 0.4) is 0 Å². The minimum absolute atomic E-state index is 0.143.